The third kappa shape index (κ3) is 3.79. The maximum atomic E-state index is 12.7. The Balaban J connectivity index is 1.71. The third-order valence-electron chi connectivity index (χ3n) is 5.83. The summed E-state index contributed by atoms with van der Waals surface area (Å²) in [5.41, 5.74) is 6.83. The molecule has 1 aliphatic rings. The highest BCUT2D eigenvalue weighted by Gasteiger charge is 2.23. The Morgan fingerprint density at radius 1 is 1.20 bits per heavy atom. The molecule has 4 rings (SSSR count). The maximum Gasteiger partial charge on any atom is 0.248 e. The van der Waals surface area contributed by atoms with E-state index in [9.17, 15) is 4.79 Å². The number of methoxy groups -OCH3 is 1. The lowest BCUT2D eigenvalue weighted by atomic mass is 9.93. The summed E-state index contributed by atoms with van der Waals surface area (Å²) in [7, 11) is 1.67. The minimum atomic E-state index is -0.164. The van der Waals surface area contributed by atoms with Gasteiger partial charge in [0.2, 0.25) is 5.91 Å². The van der Waals surface area contributed by atoms with Gasteiger partial charge in [-0.05, 0) is 75.4 Å². The van der Waals surface area contributed by atoms with Crippen molar-refractivity contribution in [2.24, 2.45) is 0 Å². The van der Waals surface area contributed by atoms with E-state index in [1.54, 1.807) is 13.2 Å². The van der Waals surface area contributed by atoms with Crippen molar-refractivity contribution >= 4 is 44.1 Å². The van der Waals surface area contributed by atoms with Gasteiger partial charge in [0.25, 0.3) is 0 Å². The summed E-state index contributed by atoms with van der Waals surface area (Å²) in [5, 5.41) is 4.10. The lowest BCUT2D eigenvalue weighted by Crippen LogP contribution is -2.09. The first kappa shape index (κ1) is 20.7. The van der Waals surface area contributed by atoms with Crippen LogP contribution in [-0.2, 0) is 17.6 Å². The van der Waals surface area contributed by atoms with E-state index in [2.05, 4.69) is 27.3 Å². The second kappa shape index (κ2) is 8.31. The molecule has 5 heteroatoms. The zero-order valence-corrected chi connectivity index (χ0v) is 19.4. The fourth-order valence-corrected chi connectivity index (χ4v) is 4.51. The Labute approximate surface area is 185 Å². The molecule has 0 spiro atoms. The Hall–Kier alpha value is -2.53. The summed E-state index contributed by atoms with van der Waals surface area (Å²) in [6.07, 6.45) is 6.02. The molecule has 1 aromatic heterocycles. The van der Waals surface area contributed by atoms with Crippen LogP contribution >= 0.6 is 15.9 Å². The molecule has 0 unspecified atom stereocenters. The summed E-state index contributed by atoms with van der Waals surface area (Å²) >= 11 is 3.49. The number of ether oxygens (including phenoxy) is 1. The van der Waals surface area contributed by atoms with Crippen LogP contribution in [0, 0.1) is 13.8 Å². The van der Waals surface area contributed by atoms with Crippen LogP contribution in [0.2, 0.25) is 0 Å². The van der Waals surface area contributed by atoms with Gasteiger partial charge in [0.05, 0.1) is 7.11 Å². The number of amides is 1. The summed E-state index contributed by atoms with van der Waals surface area (Å²) in [6, 6.07) is 7.88. The zero-order chi connectivity index (χ0) is 21.4. The predicted octanol–water partition coefficient (Wildman–Crippen LogP) is 6.74. The topological polar surface area (TPSA) is 51.5 Å². The van der Waals surface area contributed by atoms with E-state index in [0.29, 0.717) is 0 Å². The molecule has 0 saturated heterocycles. The minimum absolute atomic E-state index is 0.164. The van der Waals surface area contributed by atoms with Crippen molar-refractivity contribution < 1.29 is 13.9 Å². The van der Waals surface area contributed by atoms with Crippen molar-refractivity contribution in [2.75, 3.05) is 12.4 Å². The number of allylic oxidation sites excluding steroid dienone is 1. The number of rotatable bonds is 4. The molecule has 0 fully saturated rings. The van der Waals surface area contributed by atoms with E-state index in [0.717, 1.165) is 67.7 Å². The van der Waals surface area contributed by atoms with Crippen molar-refractivity contribution in [2.45, 2.75) is 46.5 Å². The number of benzene rings is 2. The quantitative estimate of drug-likeness (QED) is 0.432. The van der Waals surface area contributed by atoms with Gasteiger partial charge in [0.15, 0.2) is 0 Å². The van der Waals surface area contributed by atoms with E-state index >= 15 is 0 Å². The number of aryl methyl sites for hydroxylation is 4. The van der Waals surface area contributed by atoms with Gasteiger partial charge in [0.1, 0.15) is 17.1 Å². The van der Waals surface area contributed by atoms with Crippen molar-refractivity contribution in [1.29, 1.82) is 0 Å². The van der Waals surface area contributed by atoms with E-state index in [-0.39, 0.29) is 5.91 Å². The van der Waals surface area contributed by atoms with Crippen LogP contribution in [0.3, 0.4) is 0 Å². The highest BCUT2D eigenvalue weighted by atomic mass is 79.9. The number of furan rings is 1. The molecule has 1 aliphatic carbocycles. The van der Waals surface area contributed by atoms with Crippen LogP contribution in [-0.4, -0.2) is 13.0 Å². The number of carbonyl (C=O) groups excluding carboxylic acids is 1. The standard InChI is InChI=1S/C25H26BrNO3/c1-14(12-23(28)27-17-9-10-21(26)15(2)11-17)19-13-20-18-7-5-6-8-22(18)30-25(20)16(3)24(19)29-4/h9-13H,5-8H2,1-4H3,(H,27,28)/b14-12+. The Kier molecular flexibility index (Phi) is 5.74. The van der Waals surface area contributed by atoms with Crippen LogP contribution in [0.1, 0.15) is 47.8 Å². The van der Waals surface area contributed by atoms with E-state index in [1.807, 2.05) is 39.0 Å². The number of nitrogens with one attached hydrogen (secondary N) is 1. The van der Waals surface area contributed by atoms with Crippen LogP contribution in [0.4, 0.5) is 5.69 Å². The fraction of sp³-hybridized carbons (Fsp3) is 0.320. The monoisotopic (exact) mass is 467 g/mol. The van der Waals surface area contributed by atoms with Crippen LogP contribution < -0.4 is 10.1 Å². The average molecular weight is 468 g/mol. The van der Waals surface area contributed by atoms with Gasteiger partial charge < -0.3 is 14.5 Å². The molecule has 1 amide bonds. The summed E-state index contributed by atoms with van der Waals surface area (Å²) in [5.74, 6) is 1.70. The minimum Gasteiger partial charge on any atom is -0.496 e. The second-order valence-electron chi connectivity index (χ2n) is 7.95. The summed E-state index contributed by atoms with van der Waals surface area (Å²) in [4.78, 5) is 12.7. The second-order valence-corrected chi connectivity index (χ2v) is 8.80. The first-order chi connectivity index (χ1) is 14.4. The highest BCUT2D eigenvalue weighted by molar-refractivity contribution is 9.10. The van der Waals surface area contributed by atoms with Crippen LogP contribution in [0.25, 0.3) is 16.5 Å². The zero-order valence-electron chi connectivity index (χ0n) is 17.8. The third-order valence-corrected chi connectivity index (χ3v) is 6.72. The Morgan fingerprint density at radius 2 is 1.97 bits per heavy atom. The largest absolute Gasteiger partial charge is 0.496 e. The number of anilines is 1. The van der Waals surface area contributed by atoms with E-state index in [4.69, 9.17) is 9.15 Å². The van der Waals surface area contributed by atoms with E-state index in [1.165, 1.54) is 18.4 Å². The lowest BCUT2D eigenvalue weighted by Gasteiger charge is -2.14. The SMILES string of the molecule is COc1c(/C(C)=C/C(=O)Nc2ccc(Br)c(C)c2)cc2c3c(oc2c1C)CCCC3. The molecular formula is C25H26BrNO3. The maximum absolute atomic E-state index is 12.7. The summed E-state index contributed by atoms with van der Waals surface area (Å²) in [6.45, 7) is 5.97. The van der Waals surface area contributed by atoms with Gasteiger partial charge in [-0.25, -0.2) is 0 Å². The van der Waals surface area contributed by atoms with Gasteiger partial charge in [-0.15, -0.1) is 0 Å². The smallest absolute Gasteiger partial charge is 0.248 e. The van der Waals surface area contributed by atoms with Gasteiger partial charge >= 0.3 is 0 Å². The molecule has 0 bridgehead atoms. The van der Waals surface area contributed by atoms with Gasteiger partial charge in [-0.1, -0.05) is 15.9 Å². The number of carbonyl (C=O) groups is 1. The molecule has 30 heavy (non-hydrogen) atoms. The van der Waals surface area contributed by atoms with Gasteiger partial charge in [0, 0.05) is 44.7 Å². The van der Waals surface area contributed by atoms with Crippen molar-refractivity contribution in [1.82, 2.24) is 0 Å². The number of hydrogen-bond donors (Lipinski definition) is 1. The Bertz CT molecular complexity index is 1170. The van der Waals surface area contributed by atoms with Gasteiger partial charge in [-0.2, -0.15) is 0 Å². The number of fused-ring (bicyclic) bond motifs is 3. The van der Waals surface area contributed by atoms with Gasteiger partial charge in [-0.3, -0.25) is 4.79 Å². The first-order valence-corrected chi connectivity index (χ1v) is 11.1. The predicted molar refractivity (Wildman–Crippen MR) is 125 cm³/mol. The molecule has 3 aromatic rings. The molecule has 156 valence electrons. The molecule has 1 heterocycles. The number of halogens is 1. The first-order valence-electron chi connectivity index (χ1n) is 10.3. The average Bonchev–Trinajstić information content (AvgIpc) is 3.09. The van der Waals surface area contributed by atoms with Crippen LogP contribution in [0.15, 0.2) is 39.2 Å². The molecule has 0 atom stereocenters. The Morgan fingerprint density at radius 3 is 2.70 bits per heavy atom. The molecule has 2 aromatic carbocycles. The van der Waals surface area contributed by atoms with Crippen molar-refractivity contribution in [3.05, 3.63) is 62.8 Å². The molecule has 1 N–H and O–H groups in total. The summed E-state index contributed by atoms with van der Waals surface area (Å²) < 4.78 is 12.9. The van der Waals surface area contributed by atoms with Crippen molar-refractivity contribution in [3.63, 3.8) is 0 Å². The molecule has 0 aliphatic heterocycles. The molecule has 0 radical (unpaired) electrons. The molecule has 0 saturated carbocycles. The molecular weight excluding hydrogens is 442 g/mol. The van der Waals surface area contributed by atoms with E-state index < -0.39 is 0 Å². The van der Waals surface area contributed by atoms with Crippen molar-refractivity contribution in [3.8, 4) is 5.75 Å². The number of hydrogen-bond acceptors (Lipinski definition) is 3. The lowest BCUT2D eigenvalue weighted by molar-refractivity contribution is -0.111. The van der Waals surface area contributed by atoms with Crippen LogP contribution in [0.5, 0.6) is 5.75 Å². The normalized spacial score (nSPS) is 14.0. The fourth-order valence-electron chi connectivity index (χ4n) is 4.27. The molecule has 4 nitrogen and oxygen atoms in total. The highest BCUT2D eigenvalue weighted by Crippen LogP contribution is 2.41.